The number of benzene rings is 2. The Bertz CT molecular complexity index is 1180. The first kappa shape index (κ1) is 21.8. The summed E-state index contributed by atoms with van der Waals surface area (Å²) in [6.07, 6.45) is 0. The molecule has 29 heavy (non-hydrogen) atoms. The van der Waals surface area contributed by atoms with Crippen LogP contribution >= 0.6 is 30.9 Å². The van der Waals surface area contributed by atoms with Crippen LogP contribution in [0.1, 0.15) is 10.5 Å². The second-order valence-electron chi connectivity index (χ2n) is 5.89. The maximum Gasteiger partial charge on any atom is 0.442 e. The molecule has 0 saturated heterocycles. The number of nitrogens with zero attached hydrogens (tertiary/aromatic N) is 3. The first-order valence-electron chi connectivity index (χ1n) is 7.96. The molecule has 1 amide bonds. The average Bonchev–Trinajstić information content (AvgIpc) is 2.95. The quantitative estimate of drug-likeness (QED) is 0.486. The highest BCUT2D eigenvalue weighted by atomic mass is 35.5. The number of hydrogen-bond donors (Lipinski definition) is 3. The van der Waals surface area contributed by atoms with Crippen LogP contribution in [0.25, 0.3) is 10.9 Å². The lowest BCUT2D eigenvalue weighted by atomic mass is 10.2. The zero-order valence-electron chi connectivity index (χ0n) is 15.0. The first-order valence-corrected chi connectivity index (χ1v) is 11.4. The molecule has 0 saturated carbocycles. The summed E-state index contributed by atoms with van der Waals surface area (Å²) in [5, 5.41) is 7.42. The number of hydrogen-bond acceptors (Lipinski definition) is 4. The zero-order valence-corrected chi connectivity index (χ0v) is 18.3. The Morgan fingerprint density at radius 3 is 2.38 bits per heavy atom. The van der Waals surface area contributed by atoms with Gasteiger partial charge < -0.3 is 15.1 Å². The molecule has 1 aromatic heterocycles. The third-order valence-corrected chi connectivity index (χ3v) is 7.32. The minimum Gasteiger partial charge on any atom is -0.354 e. The van der Waals surface area contributed by atoms with Crippen LogP contribution in [0, 0.1) is 0 Å². The molecular weight excluding hydrogens is 462 g/mol. The van der Waals surface area contributed by atoms with Crippen LogP contribution in [-0.4, -0.2) is 36.7 Å². The van der Waals surface area contributed by atoms with Gasteiger partial charge in [0.2, 0.25) is 0 Å². The van der Waals surface area contributed by atoms with E-state index in [1.165, 1.54) is 48.1 Å². The van der Waals surface area contributed by atoms with Crippen LogP contribution < -0.4 is 9.39 Å². The van der Waals surface area contributed by atoms with E-state index in [0.717, 1.165) is 0 Å². The topological polar surface area (TPSA) is 125 Å². The fourth-order valence-electron chi connectivity index (χ4n) is 2.72. The molecule has 0 fully saturated rings. The fraction of sp³-hybridized carbons (Fsp3) is 0.125. The molecular formula is C16H15Cl2N4O5PS. The van der Waals surface area contributed by atoms with Crippen molar-refractivity contribution >= 4 is 64.4 Å². The number of rotatable bonds is 5. The third kappa shape index (κ3) is 4.32. The maximum atomic E-state index is 13.0. The lowest BCUT2D eigenvalue weighted by molar-refractivity contribution is 0.0959. The van der Waals surface area contributed by atoms with Crippen molar-refractivity contribution in [2.24, 2.45) is 7.05 Å². The van der Waals surface area contributed by atoms with E-state index in [2.05, 4.69) is 10.4 Å². The van der Waals surface area contributed by atoms with E-state index < -0.39 is 24.6 Å². The Morgan fingerprint density at radius 1 is 1.21 bits per heavy atom. The highest BCUT2D eigenvalue weighted by Crippen LogP contribution is 2.47. The predicted molar refractivity (Wildman–Crippen MR) is 111 cm³/mol. The summed E-state index contributed by atoms with van der Waals surface area (Å²) in [5.74, 6) is -0.410. The van der Waals surface area contributed by atoms with Gasteiger partial charge in [0.25, 0.3) is 5.91 Å². The predicted octanol–water partition coefficient (Wildman–Crippen LogP) is 2.86. The van der Waals surface area contributed by atoms with E-state index in [4.69, 9.17) is 23.2 Å². The largest absolute Gasteiger partial charge is 0.442 e. The van der Waals surface area contributed by atoms with Crippen molar-refractivity contribution in [3.63, 3.8) is 0 Å². The third-order valence-electron chi connectivity index (χ3n) is 3.93. The number of halogens is 2. The van der Waals surface area contributed by atoms with Gasteiger partial charge in [-0.15, -0.1) is 0 Å². The Kier molecular flexibility index (Phi) is 6.05. The van der Waals surface area contributed by atoms with Gasteiger partial charge in [0.05, 0.1) is 16.1 Å². The highest BCUT2D eigenvalue weighted by Gasteiger charge is 2.33. The molecule has 3 aromatic rings. The highest BCUT2D eigenvalue weighted by molar-refractivity contribution is 7.94. The van der Waals surface area contributed by atoms with Crippen molar-refractivity contribution in [1.82, 2.24) is 15.1 Å². The van der Waals surface area contributed by atoms with Crippen LogP contribution in [0.3, 0.4) is 0 Å². The maximum absolute atomic E-state index is 13.0. The minimum atomic E-state index is -5.02. The molecule has 0 bridgehead atoms. The molecule has 1 unspecified atom stereocenters. The van der Waals surface area contributed by atoms with Gasteiger partial charge in [-0.3, -0.25) is 9.48 Å². The number of carbonyl (C=O) groups is 1. The van der Waals surface area contributed by atoms with E-state index in [0.29, 0.717) is 15.0 Å². The molecule has 154 valence electrons. The molecule has 13 heteroatoms. The van der Waals surface area contributed by atoms with E-state index in [-0.39, 0.29) is 26.3 Å². The van der Waals surface area contributed by atoms with Crippen molar-refractivity contribution in [3.05, 3.63) is 52.1 Å². The Morgan fingerprint density at radius 2 is 1.83 bits per heavy atom. The normalized spacial score (nSPS) is 12.8. The van der Waals surface area contributed by atoms with Crippen LogP contribution in [0.2, 0.25) is 10.0 Å². The average molecular weight is 477 g/mol. The van der Waals surface area contributed by atoms with E-state index in [1.54, 1.807) is 7.05 Å². The summed E-state index contributed by atoms with van der Waals surface area (Å²) in [6.45, 7) is 0. The van der Waals surface area contributed by atoms with Gasteiger partial charge in [0.1, 0.15) is 0 Å². The minimum absolute atomic E-state index is 0.0157. The first-order chi connectivity index (χ1) is 13.5. The molecule has 0 aliphatic rings. The van der Waals surface area contributed by atoms with Crippen LogP contribution in [0.5, 0.6) is 0 Å². The number of carbonyl (C=O) groups excluding carboxylic acids is 1. The number of anilines is 1. The molecule has 0 spiro atoms. The van der Waals surface area contributed by atoms with E-state index in [1.807, 2.05) is 0 Å². The smallest absolute Gasteiger partial charge is 0.354 e. The summed E-state index contributed by atoms with van der Waals surface area (Å²) in [7, 11) is -4.30. The number of fused-ring (bicyclic) bond motifs is 1. The summed E-state index contributed by atoms with van der Waals surface area (Å²) in [6, 6.07) is 8.23. The van der Waals surface area contributed by atoms with Crippen molar-refractivity contribution in [2.45, 2.75) is 4.90 Å². The van der Waals surface area contributed by atoms with Gasteiger partial charge in [-0.1, -0.05) is 23.2 Å². The lowest BCUT2D eigenvalue weighted by Crippen LogP contribution is -2.22. The van der Waals surface area contributed by atoms with Crippen molar-refractivity contribution < 1.29 is 23.4 Å². The fourth-order valence-corrected chi connectivity index (χ4v) is 5.82. The van der Waals surface area contributed by atoms with Gasteiger partial charge in [0.15, 0.2) is 16.7 Å². The molecule has 0 radical (unpaired) electrons. The van der Waals surface area contributed by atoms with Crippen molar-refractivity contribution in [1.29, 1.82) is 0 Å². The molecule has 1 atom stereocenters. The van der Waals surface area contributed by atoms with Gasteiger partial charge in [-0.2, -0.15) is 9.17 Å². The molecule has 9 nitrogen and oxygen atoms in total. The molecule has 3 rings (SSSR count). The summed E-state index contributed by atoms with van der Waals surface area (Å²) < 4.78 is 27.0. The Balaban J connectivity index is 2.16. The van der Waals surface area contributed by atoms with Crippen molar-refractivity contribution in [2.75, 3.05) is 11.1 Å². The second kappa shape index (κ2) is 8.06. The molecule has 3 N–H and O–H groups in total. The lowest BCUT2D eigenvalue weighted by Gasteiger charge is -2.24. The van der Waals surface area contributed by atoms with E-state index in [9.17, 15) is 23.4 Å². The number of aryl methyl sites for hydroxylation is 1. The monoisotopic (exact) mass is 476 g/mol. The van der Waals surface area contributed by atoms with Gasteiger partial charge in [0, 0.05) is 29.5 Å². The number of aromatic nitrogens is 2. The summed E-state index contributed by atoms with van der Waals surface area (Å²) in [4.78, 5) is 31.7. The summed E-state index contributed by atoms with van der Waals surface area (Å²) in [5.41, 5.74) is 0.537. The van der Waals surface area contributed by atoms with Crippen LogP contribution in [0.4, 0.5) is 5.69 Å². The SMILES string of the molecule is CNC(=O)c1nn(C)c2cc(N(S(=O)c3cc(Cl)cc(Cl)c3)P(=O)(O)O)ccc12. The molecule has 0 aliphatic carbocycles. The van der Waals surface area contributed by atoms with E-state index >= 15 is 0 Å². The molecule has 0 aliphatic heterocycles. The zero-order chi connectivity index (χ0) is 21.5. The van der Waals surface area contributed by atoms with Crippen LogP contribution in [0.15, 0.2) is 41.3 Å². The number of nitrogens with one attached hydrogen (secondary N) is 1. The second-order valence-corrected chi connectivity index (χ2v) is 9.80. The van der Waals surface area contributed by atoms with Crippen molar-refractivity contribution in [3.8, 4) is 0 Å². The molecule has 1 heterocycles. The number of amides is 1. The Hall–Kier alpha value is -1.94. The Labute approximate surface area is 178 Å². The van der Waals surface area contributed by atoms with Crippen LogP contribution in [-0.2, 0) is 22.6 Å². The van der Waals surface area contributed by atoms with Gasteiger partial charge >= 0.3 is 7.75 Å². The standard InChI is InChI=1S/C16H15Cl2N4O5PS/c1-19-16(23)15-13-4-3-11(8-14(13)21(2)20-15)22(28(24,25)26)29(27)12-6-9(17)5-10(18)7-12/h3-8H,1-2H3,(H,19,23)(H2,24,25,26). The van der Waals surface area contributed by atoms with Gasteiger partial charge in [-0.05, 0) is 36.4 Å². The molecule has 2 aromatic carbocycles. The summed E-state index contributed by atoms with van der Waals surface area (Å²) >= 11 is 11.8. The van der Waals surface area contributed by atoms with Gasteiger partial charge in [-0.25, -0.2) is 8.77 Å².